The Labute approximate surface area is 190 Å². The van der Waals surface area contributed by atoms with Gasteiger partial charge in [-0.15, -0.1) is 0 Å². The Bertz CT molecular complexity index is 1020. The molecule has 2 fully saturated rings. The molecule has 0 spiro atoms. The van der Waals surface area contributed by atoms with Gasteiger partial charge in [0.25, 0.3) is 5.91 Å². The summed E-state index contributed by atoms with van der Waals surface area (Å²) in [4.78, 5) is 12.6. The second kappa shape index (κ2) is 9.73. The average Bonchev–Trinajstić information content (AvgIpc) is 2.80. The van der Waals surface area contributed by atoms with Crippen molar-refractivity contribution in [1.29, 1.82) is 0 Å². The van der Waals surface area contributed by atoms with Crippen LogP contribution in [0.3, 0.4) is 0 Å². The molecular weight excluding hydrogens is 424 g/mol. The van der Waals surface area contributed by atoms with Crippen LogP contribution in [0.2, 0.25) is 0 Å². The Morgan fingerprint density at radius 3 is 2.31 bits per heavy atom. The zero-order valence-electron chi connectivity index (χ0n) is 18.5. The summed E-state index contributed by atoms with van der Waals surface area (Å²) in [6.45, 7) is 2.41. The maximum absolute atomic E-state index is 13.4. The molecule has 2 N–H and O–H groups in total. The number of hydrogen-bond acceptors (Lipinski definition) is 4. The number of aliphatic hydroxyl groups excluding tert-OH is 1. The van der Waals surface area contributed by atoms with E-state index in [1.165, 1.54) is 0 Å². The number of nitrogens with zero attached hydrogens (tertiary/aromatic N) is 1. The van der Waals surface area contributed by atoms with E-state index in [0.29, 0.717) is 18.5 Å². The van der Waals surface area contributed by atoms with E-state index >= 15 is 0 Å². The molecule has 1 saturated carbocycles. The van der Waals surface area contributed by atoms with Crippen LogP contribution >= 0.6 is 0 Å². The summed E-state index contributed by atoms with van der Waals surface area (Å²) in [6.07, 6.45) is 4.21. The highest BCUT2D eigenvalue weighted by Crippen LogP contribution is 2.38. The van der Waals surface area contributed by atoms with Gasteiger partial charge in [0, 0.05) is 24.2 Å². The number of hydrogen-bond donors (Lipinski definition) is 2. The normalized spacial score (nSPS) is 26.9. The molecule has 7 heteroatoms. The van der Waals surface area contributed by atoms with Gasteiger partial charge < -0.3 is 10.4 Å². The standard InChI is InChI=1S/C25H32N2O4S/c1-18(27-17-5-8-24(32(27,30)31)20-6-3-2-4-7-20)19-9-11-21(12-10-19)25(29)26-22-13-15-23(28)16-14-22/h2-4,6-7,9-12,18,22-24,28H,5,8,13-17H2,1H3,(H,26,29). The fraction of sp³-hybridized carbons (Fsp3) is 0.480. The Morgan fingerprint density at radius 1 is 1.00 bits per heavy atom. The lowest BCUT2D eigenvalue weighted by atomic mass is 9.93. The van der Waals surface area contributed by atoms with Gasteiger partial charge in [0.2, 0.25) is 10.0 Å². The third-order valence-electron chi connectivity index (χ3n) is 6.82. The Hall–Kier alpha value is -2.22. The van der Waals surface area contributed by atoms with Crippen molar-refractivity contribution in [2.45, 2.75) is 68.9 Å². The number of aliphatic hydroxyl groups is 1. The van der Waals surface area contributed by atoms with E-state index in [1.54, 1.807) is 16.4 Å². The lowest BCUT2D eigenvalue weighted by Crippen LogP contribution is -2.41. The Balaban J connectivity index is 1.45. The van der Waals surface area contributed by atoms with Crippen molar-refractivity contribution in [1.82, 2.24) is 9.62 Å². The van der Waals surface area contributed by atoms with Gasteiger partial charge in [-0.3, -0.25) is 4.79 Å². The van der Waals surface area contributed by atoms with Crippen molar-refractivity contribution in [3.63, 3.8) is 0 Å². The van der Waals surface area contributed by atoms with Crippen LogP contribution in [0, 0.1) is 0 Å². The minimum atomic E-state index is -3.48. The number of carbonyl (C=O) groups excluding carboxylic acids is 1. The molecule has 1 aliphatic carbocycles. The van der Waals surface area contributed by atoms with E-state index in [-0.39, 0.29) is 24.1 Å². The van der Waals surface area contributed by atoms with Crippen molar-refractivity contribution in [2.75, 3.05) is 6.54 Å². The highest BCUT2D eigenvalue weighted by atomic mass is 32.2. The molecule has 0 bridgehead atoms. The fourth-order valence-corrected chi connectivity index (χ4v) is 7.10. The monoisotopic (exact) mass is 456 g/mol. The molecule has 0 radical (unpaired) electrons. The summed E-state index contributed by atoms with van der Waals surface area (Å²) in [7, 11) is -3.48. The maximum atomic E-state index is 13.4. The summed E-state index contributed by atoms with van der Waals surface area (Å²) in [5.74, 6) is -0.125. The first-order chi connectivity index (χ1) is 15.4. The number of benzene rings is 2. The molecule has 0 aromatic heterocycles. The van der Waals surface area contributed by atoms with Gasteiger partial charge in [0.1, 0.15) is 5.25 Å². The van der Waals surface area contributed by atoms with Gasteiger partial charge in [-0.05, 0) is 68.7 Å². The van der Waals surface area contributed by atoms with Crippen molar-refractivity contribution >= 4 is 15.9 Å². The summed E-state index contributed by atoms with van der Waals surface area (Å²) in [5, 5.41) is 12.2. The van der Waals surface area contributed by atoms with Crippen molar-refractivity contribution in [3.05, 3.63) is 71.3 Å². The van der Waals surface area contributed by atoms with Crippen LogP contribution in [0.15, 0.2) is 54.6 Å². The highest BCUT2D eigenvalue weighted by molar-refractivity contribution is 7.89. The summed E-state index contributed by atoms with van der Waals surface area (Å²) >= 11 is 0. The molecule has 2 aromatic carbocycles. The SMILES string of the molecule is CC(c1ccc(C(=O)NC2CCC(O)CC2)cc1)N1CCCC(c2ccccc2)S1(=O)=O. The van der Waals surface area contributed by atoms with Crippen LogP contribution in [-0.2, 0) is 10.0 Å². The van der Waals surface area contributed by atoms with E-state index in [9.17, 15) is 18.3 Å². The molecule has 2 aliphatic rings. The quantitative estimate of drug-likeness (QED) is 0.713. The lowest BCUT2D eigenvalue weighted by molar-refractivity contribution is 0.0867. The molecule has 32 heavy (non-hydrogen) atoms. The second-order valence-electron chi connectivity index (χ2n) is 8.97. The predicted molar refractivity (Wildman–Crippen MR) is 125 cm³/mol. The topological polar surface area (TPSA) is 86.7 Å². The van der Waals surface area contributed by atoms with Gasteiger partial charge in [-0.2, -0.15) is 4.31 Å². The number of nitrogens with one attached hydrogen (secondary N) is 1. The van der Waals surface area contributed by atoms with E-state index in [2.05, 4.69) is 5.32 Å². The number of carbonyl (C=O) groups is 1. The number of amides is 1. The van der Waals surface area contributed by atoms with Gasteiger partial charge in [-0.25, -0.2) is 8.42 Å². The van der Waals surface area contributed by atoms with Crippen LogP contribution < -0.4 is 5.32 Å². The third kappa shape index (κ3) is 4.90. The van der Waals surface area contributed by atoms with Gasteiger partial charge in [0.15, 0.2) is 0 Å². The van der Waals surface area contributed by atoms with Crippen LogP contribution in [0.1, 0.15) is 78.2 Å². The lowest BCUT2D eigenvalue weighted by Gasteiger charge is -2.36. The van der Waals surface area contributed by atoms with Crippen LogP contribution in [0.4, 0.5) is 0 Å². The van der Waals surface area contributed by atoms with Crippen molar-refractivity contribution in [2.24, 2.45) is 0 Å². The molecular formula is C25H32N2O4S. The van der Waals surface area contributed by atoms with Crippen molar-refractivity contribution < 1.29 is 18.3 Å². The molecule has 172 valence electrons. The van der Waals surface area contributed by atoms with E-state index in [0.717, 1.165) is 43.2 Å². The van der Waals surface area contributed by atoms with E-state index in [4.69, 9.17) is 0 Å². The van der Waals surface area contributed by atoms with Crippen LogP contribution in [-0.4, -0.2) is 42.4 Å². The third-order valence-corrected chi connectivity index (χ3v) is 9.20. The predicted octanol–water partition coefficient (Wildman–Crippen LogP) is 3.95. The summed E-state index contributed by atoms with van der Waals surface area (Å²) in [5.41, 5.74) is 2.28. The van der Waals surface area contributed by atoms with Crippen LogP contribution in [0.5, 0.6) is 0 Å². The number of sulfonamides is 1. The zero-order valence-corrected chi connectivity index (χ0v) is 19.3. The molecule has 1 heterocycles. The van der Waals surface area contributed by atoms with E-state index in [1.807, 2.05) is 49.4 Å². The van der Waals surface area contributed by atoms with E-state index < -0.39 is 15.3 Å². The number of rotatable bonds is 5. The zero-order chi connectivity index (χ0) is 22.7. The van der Waals surface area contributed by atoms with Gasteiger partial charge in [0.05, 0.1) is 6.10 Å². The van der Waals surface area contributed by atoms with Crippen LogP contribution in [0.25, 0.3) is 0 Å². The highest BCUT2D eigenvalue weighted by Gasteiger charge is 2.39. The molecule has 2 unspecified atom stereocenters. The molecule has 6 nitrogen and oxygen atoms in total. The molecule has 2 atom stereocenters. The first-order valence-electron chi connectivity index (χ1n) is 11.5. The van der Waals surface area contributed by atoms with Gasteiger partial charge >= 0.3 is 0 Å². The largest absolute Gasteiger partial charge is 0.393 e. The summed E-state index contributed by atoms with van der Waals surface area (Å²) < 4.78 is 28.4. The van der Waals surface area contributed by atoms with Gasteiger partial charge in [-0.1, -0.05) is 42.5 Å². The first-order valence-corrected chi connectivity index (χ1v) is 13.0. The molecule has 1 aliphatic heterocycles. The maximum Gasteiger partial charge on any atom is 0.251 e. The average molecular weight is 457 g/mol. The Kier molecular flexibility index (Phi) is 6.98. The molecule has 1 saturated heterocycles. The van der Waals surface area contributed by atoms with Crippen molar-refractivity contribution in [3.8, 4) is 0 Å². The minimum absolute atomic E-state index is 0.0953. The molecule has 4 rings (SSSR count). The fourth-order valence-electron chi connectivity index (χ4n) is 4.86. The molecule has 1 amide bonds. The second-order valence-corrected chi connectivity index (χ2v) is 11.0. The Morgan fingerprint density at radius 2 is 1.66 bits per heavy atom. The summed E-state index contributed by atoms with van der Waals surface area (Å²) in [6, 6.07) is 16.5. The first kappa shape index (κ1) is 23.0. The smallest absolute Gasteiger partial charge is 0.251 e. The molecule has 2 aromatic rings. The minimum Gasteiger partial charge on any atom is -0.393 e.